The minimum absolute atomic E-state index is 0.0539. The van der Waals surface area contributed by atoms with E-state index in [2.05, 4.69) is 15.4 Å². The van der Waals surface area contributed by atoms with E-state index >= 15 is 0 Å². The summed E-state index contributed by atoms with van der Waals surface area (Å²) in [6.07, 6.45) is 9.13. The van der Waals surface area contributed by atoms with Crippen LogP contribution in [0.5, 0.6) is 0 Å². The number of aliphatic hydroxyl groups excluding tert-OH is 1. The molecule has 1 saturated carbocycles. The molecule has 2 atom stereocenters. The quantitative estimate of drug-likeness (QED) is 0.452. The number of amides is 1. The van der Waals surface area contributed by atoms with Crippen molar-refractivity contribution in [1.29, 1.82) is 5.26 Å². The van der Waals surface area contributed by atoms with Gasteiger partial charge in [0.05, 0.1) is 6.20 Å². The minimum Gasteiger partial charge on any atom is -0.396 e. The molecular weight excluding hydrogens is 481 g/mol. The van der Waals surface area contributed by atoms with Gasteiger partial charge in [0.2, 0.25) is 5.82 Å². The molecule has 2 aromatic rings. The normalized spacial score (nSPS) is 18.6. The molecule has 1 heterocycles. The van der Waals surface area contributed by atoms with Gasteiger partial charge in [0, 0.05) is 18.7 Å². The summed E-state index contributed by atoms with van der Waals surface area (Å²) in [4.78, 5) is 21.2. The van der Waals surface area contributed by atoms with E-state index < -0.39 is 5.91 Å². The van der Waals surface area contributed by atoms with Crippen LogP contribution in [-0.2, 0) is 6.42 Å². The SMILES string of the molecule is CC(C)CN(NC(=O)c1ccc(F)c(CC2CCCCC(CO)CCC2)c1)c1nc(C#N)ncc1Cl. The molecule has 7 nitrogen and oxygen atoms in total. The Kier molecular flexibility index (Phi) is 10.4. The van der Waals surface area contributed by atoms with Crippen LogP contribution in [0.25, 0.3) is 0 Å². The second-order valence-corrected chi connectivity index (χ2v) is 10.5. The highest BCUT2D eigenvalue weighted by atomic mass is 35.5. The van der Waals surface area contributed by atoms with Gasteiger partial charge in [-0.2, -0.15) is 10.2 Å². The second-order valence-electron chi connectivity index (χ2n) is 10.1. The number of benzene rings is 1. The Morgan fingerprint density at radius 3 is 2.64 bits per heavy atom. The molecular formula is C27H35ClFN5O2. The van der Waals surface area contributed by atoms with E-state index in [1.165, 1.54) is 23.3 Å². The van der Waals surface area contributed by atoms with Gasteiger partial charge in [0.25, 0.3) is 5.91 Å². The third-order valence-corrected chi connectivity index (χ3v) is 6.91. The maximum absolute atomic E-state index is 14.8. The van der Waals surface area contributed by atoms with Crippen LogP contribution in [0.2, 0.25) is 5.02 Å². The molecule has 0 spiro atoms. The Morgan fingerprint density at radius 2 is 1.94 bits per heavy atom. The van der Waals surface area contributed by atoms with Gasteiger partial charge in [-0.05, 0) is 60.8 Å². The van der Waals surface area contributed by atoms with Gasteiger partial charge >= 0.3 is 0 Å². The van der Waals surface area contributed by atoms with Gasteiger partial charge in [-0.1, -0.05) is 57.6 Å². The molecule has 0 radical (unpaired) electrons. The molecule has 1 amide bonds. The number of nitriles is 1. The van der Waals surface area contributed by atoms with Gasteiger partial charge in [-0.3, -0.25) is 15.2 Å². The number of carbonyl (C=O) groups is 1. The second kappa shape index (κ2) is 13.5. The fourth-order valence-corrected chi connectivity index (χ4v) is 4.95. The summed E-state index contributed by atoms with van der Waals surface area (Å²) in [7, 11) is 0. The third-order valence-electron chi connectivity index (χ3n) is 6.64. The molecule has 0 aliphatic heterocycles. The number of rotatable bonds is 8. The van der Waals surface area contributed by atoms with Crippen molar-refractivity contribution in [2.24, 2.45) is 17.8 Å². The first-order valence-electron chi connectivity index (χ1n) is 12.7. The Hall–Kier alpha value is -2.76. The summed E-state index contributed by atoms with van der Waals surface area (Å²) in [5.41, 5.74) is 3.70. The Labute approximate surface area is 217 Å². The zero-order chi connectivity index (χ0) is 26.1. The number of hydrazine groups is 1. The van der Waals surface area contributed by atoms with Crippen molar-refractivity contribution >= 4 is 23.3 Å². The molecule has 1 aromatic heterocycles. The summed E-state index contributed by atoms with van der Waals surface area (Å²) < 4.78 is 14.8. The van der Waals surface area contributed by atoms with Crippen molar-refractivity contribution in [3.63, 3.8) is 0 Å². The van der Waals surface area contributed by atoms with Crippen LogP contribution in [0.3, 0.4) is 0 Å². The molecule has 36 heavy (non-hydrogen) atoms. The lowest BCUT2D eigenvalue weighted by molar-refractivity contribution is 0.0947. The van der Waals surface area contributed by atoms with Gasteiger partial charge in [-0.25, -0.2) is 9.37 Å². The highest BCUT2D eigenvalue weighted by molar-refractivity contribution is 6.32. The summed E-state index contributed by atoms with van der Waals surface area (Å²) in [6.45, 7) is 4.60. The van der Waals surface area contributed by atoms with E-state index in [1.54, 1.807) is 6.07 Å². The van der Waals surface area contributed by atoms with E-state index in [-0.39, 0.29) is 35.0 Å². The van der Waals surface area contributed by atoms with E-state index in [1.807, 2.05) is 19.9 Å². The van der Waals surface area contributed by atoms with E-state index in [9.17, 15) is 19.6 Å². The van der Waals surface area contributed by atoms with Crippen LogP contribution in [0.4, 0.5) is 10.2 Å². The maximum atomic E-state index is 14.8. The van der Waals surface area contributed by atoms with Gasteiger partial charge in [-0.15, -0.1) is 0 Å². The summed E-state index contributed by atoms with van der Waals surface area (Å²) in [6, 6.07) is 6.33. The molecule has 9 heteroatoms. The summed E-state index contributed by atoms with van der Waals surface area (Å²) >= 11 is 6.28. The summed E-state index contributed by atoms with van der Waals surface area (Å²) in [5.74, 6) is 0.327. The highest BCUT2D eigenvalue weighted by Gasteiger charge is 2.21. The fourth-order valence-electron chi connectivity index (χ4n) is 4.76. The fraction of sp³-hybridized carbons (Fsp3) is 0.556. The molecule has 0 saturated heterocycles. The van der Waals surface area contributed by atoms with Crippen molar-refractivity contribution in [2.45, 2.75) is 65.2 Å². The Morgan fingerprint density at radius 1 is 1.25 bits per heavy atom. The zero-order valence-electron chi connectivity index (χ0n) is 21.0. The first-order chi connectivity index (χ1) is 17.3. The Bertz CT molecular complexity index is 1070. The molecule has 3 rings (SSSR count). The average molecular weight is 516 g/mol. The maximum Gasteiger partial charge on any atom is 0.269 e. The summed E-state index contributed by atoms with van der Waals surface area (Å²) in [5, 5.41) is 20.4. The van der Waals surface area contributed by atoms with Crippen molar-refractivity contribution in [3.05, 3.63) is 52.2 Å². The Balaban J connectivity index is 1.76. The van der Waals surface area contributed by atoms with Crippen LogP contribution in [0.15, 0.2) is 24.4 Å². The van der Waals surface area contributed by atoms with Crippen molar-refractivity contribution in [2.75, 3.05) is 18.2 Å². The van der Waals surface area contributed by atoms with Gasteiger partial charge < -0.3 is 5.11 Å². The number of aromatic nitrogens is 2. The predicted octanol–water partition coefficient (Wildman–Crippen LogP) is 5.46. The van der Waals surface area contributed by atoms with Crippen LogP contribution in [0.1, 0.15) is 80.5 Å². The van der Waals surface area contributed by atoms with Crippen molar-refractivity contribution in [3.8, 4) is 6.07 Å². The molecule has 2 N–H and O–H groups in total. The molecule has 1 aromatic carbocycles. The number of hydrogen-bond acceptors (Lipinski definition) is 6. The number of nitrogens with one attached hydrogen (secondary N) is 1. The van der Waals surface area contributed by atoms with Crippen LogP contribution < -0.4 is 10.4 Å². The van der Waals surface area contributed by atoms with E-state index in [4.69, 9.17) is 11.6 Å². The highest BCUT2D eigenvalue weighted by Crippen LogP contribution is 2.29. The number of nitrogens with zero attached hydrogens (tertiary/aromatic N) is 4. The lowest BCUT2D eigenvalue weighted by Gasteiger charge is -2.26. The topological polar surface area (TPSA) is 102 Å². The molecule has 2 unspecified atom stereocenters. The lowest BCUT2D eigenvalue weighted by Crippen LogP contribution is -2.45. The number of anilines is 1. The molecule has 1 aliphatic carbocycles. The van der Waals surface area contributed by atoms with Crippen molar-refractivity contribution in [1.82, 2.24) is 15.4 Å². The minimum atomic E-state index is -0.412. The molecule has 1 fully saturated rings. The predicted molar refractivity (Wildman–Crippen MR) is 138 cm³/mol. The van der Waals surface area contributed by atoms with Gasteiger partial charge in [0.1, 0.15) is 16.9 Å². The molecule has 0 bridgehead atoms. The van der Waals surface area contributed by atoms with Crippen LogP contribution in [0, 0.1) is 34.9 Å². The zero-order valence-corrected chi connectivity index (χ0v) is 21.8. The monoisotopic (exact) mass is 515 g/mol. The third kappa shape index (κ3) is 7.87. The largest absolute Gasteiger partial charge is 0.396 e. The first-order valence-corrected chi connectivity index (χ1v) is 13.1. The number of halogens is 2. The van der Waals surface area contributed by atoms with Crippen LogP contribution >= 0.6 is 11.6 Å². The number of carbonyl (C=O) groups excluding carboxylic acids is 1. The molecule has 1 aliphatic rings. The average Bonchev–Trinajstić information content (AvgIpc) is 2.97. The number of hydrogen-bond donors (Lipinski definition) is 2. The standard InChI is InChI=1S/C27H35ClFN5O2/c1-18(2)16-34(26-23(28)15-31-25(14-30)32-26)33-27(36)21-10-11-24(29)22(13-21)12-19-6-3-4-7-20(17-35)9-5-8-19/h10-11,13,15,18-20,35H,3-9,12,16-17H2,1-2H3,(H,33,36). The first kappa shape index (κ1) is 27.8. The lowest BCUT2D eigenvalue weighted by atomic mass is 9.89. The molecule has 194 valence electrons. The number of aliphatic hydroxyl groups is 1. The van der Waals surface area contributed by atoms with Crippen molar-refractivity contribution < 1.29 is 14.3 Å². The smallest absolute Gasteiger partial charge is 0.269 e. The van der Waals surface area contributed by atoms with Crippen LogP contribution in [-0.4, -0.2) is 34.1 Å². The van der Waals surface area contributed by atoms with Gasteiger partial charge in [0.15, 0.2) is 5.82 Å². The van der Waals surface area contributed by atoms with E-state index in [0.29, 0.717) is 35.9 Å². The van der Waals surface area contributed by atoms with E-state index in [0.717, 1.165) is 44.9 Å².